The standard InChI is InChI=1S/C16H20N2O8/c1-9(18(8-14(23)24)6-5-12(19)20)15-10(16(25)26)3-2-4-11(15)17-7-13(21)22/h2-4,9,17H,5-8H2,1H3,(H,19,20)(H,21,22)(H,23,24)(H,25,26). The van der Waals surface area contributed by atoms with Crippen LogP contribution in [0.15, 0.2) is 18.2 Å². The highest BCUT2D eigenvalue weighted by atomic mass is 16.4. The van der Waals surface area contributed by atoms with E-state index in [1.54, 1.807) is 6.92 Å². The van der Waals surface area contributed by atoms with Crippen LogP contribution in [-0.2, 0) is 14.4 Å². The summed E-state index contributed by atoms with van der Waals surface area (Å²) >= 11 is 0. The van der Waals surface area contributed by atoms with Crippen molar-refractivity contribution in [1.82, 2.24) is 4.90 Å². The number of nitrogens with one attached hydrogen (secondary N) is 1. The maximum atomic E-state index is 11.6. The van der Waals surface area contributed by atoms with E-state index < -0.39 is 43.0 Å². The molecule has 0 bridgehead atoms. The summed E-state index contributed by atoms with van der Waals surface area (Å²) in [4.78, 5) is 45.6. The molecule has 0 aromatic heterocycles. The number of hydrogen-bond acceptors (Lipinski definition) is 6. The zero-order valence-corrected chi connectivity index (χ0v) is 14.0. The smallest absolute Gasteiger partial charge is 0.336 e. The van der Waals surface area contributed by atoms with E-state index in [1.807, 2.05) is 0 Å². The first kappa shape index (κ1) is 20.9. The molecule has 142 valence electrons. The molecular weight excluding hydrogens is 348 g/mol. The van der Waals surface area contributed by atoms with Crippen molar-refractivity contribution in [2.45, 2.75) is 19.4 Å². The Kier molecular flexibility index (Phi) is 7.53. The molecule has 5 N–H and O–H groups in total. The van der Waals surface area contributed by atoms with Gasteiger partial charge in [0.1, 0.15) is 6.54 Å². The Morgan fingerprint density at radius 1 is 1.04 bits per heavy atom. The summed E-state index contributed by atoms with van der Waals surface area (Å²) in [6.07, 6.45) is -0.329. The number of carboxylic acid groups (broad SMARTS) is 4. The summed E-state index contributed by atoms with van der Waals surface area (Å²) in [5.74, 6) is -4.74. The number of hydrogen-bond donors (Lipinski definition) is 5. The van der Waals surface area contributed by atoms with Crippen molar-refractivity contribution in [3.05, 3.63) is 29.3 Å². The highest BCUT2D eigenvalue weighted by molar-refractivity contribution is 5.92. The molecule has 1 unspecified atom stereocenters. The van der Waals surface area contributed by atoms with Crippen LogP contribution in [0.1, 0.15) is 35.3 Å². The number of aromatic carboxylic acids is 1. The van der Waals surface area contributed by atoms with Crippen LogP contribution in [0.4, 0.5) is 5.69 Å². The number of nitrogens with zero attached hydrogens (tertiary/aromatic N) is 1. The third-order valence-corrected chi connectivity index (χ3v) is 3.68. The zero-order chi connectivity index (χ0) is 19.9. The van der Waals surface area contributed by atoms with Gasteiger partial charge in [-0.05, 0) is 19.1 Å². The summed E-state index contributed by atoms with van der Waals surface area (Å²) in [5.41, 5.74) is 0.289. The third-order valence-electron chi connectivity index (χ3n) is 3.68. The summed E-state index contributed by atoms with van der Waals surface area (Å²) in [6.45, 7) is 0.464. The lowest BCUT2D eigenvalue weighted by atomic mass is 9.97. The molecule has 0 radical (unpaired) electrons. The third kappa shape index (κ3) is 6.06. The Morgan fingerprint density at radius 3 is 2.19 bits per heavy atom. The summed E-state index contributed by atoms with van der Waals surface area (Å²) in [7, 11) is 0. The van der Waals surface area contributed by atoms with Gasteiger partial charge >= 0.3 is 23.9 Å². The second kappa shape index (κ2) is 9.37. The highest BCUT2D eigenvalue weighted by Crippen LogP contribution is 2.31. The molecule has 10 heteroatoms. The molecule has 26 heavy (non-hydrogen) atoms. The van der Waals surface area contributed by atoms with Crippen molar-refractivity contribution in [3.63, 3.8) is 0 Å². The summed E-state index contributed by atoms with van der Waals surface area (Å²) in [6, 6.07) is 3.45. The molecule has 0 fully saturated rings. The average molecular weight is 368 g/mol. The first-order valence-corrected chi connectivity index (χ1v) is 7.63. The minimum Gasteiger partial charge on any atom is -0.481 e. The van der Waals surface area contributed by atoms with Gasteiger partial charge in [0.15, 0.2) is 0 Å². The molecule has 0 aliphatic heterocycles. The number of benzene rings is 1. The largest absolute Gasteiger partial charge is 0.481 e. The second-order valence-corrected chi connectivity index (χ2v) is 5.50. The van der Waals surface area contributed by atoms with Crippen LogP contribution in [0.5, 0.6) is 0 Å². The van der Waals surface area contributed by atoms with Crippen LogP contribution in [0, 0.1) is 0 Å². The van der Waals surface area contributed by atoms with Gasteiger partial charge in [-0.15, -0.1) is 0 Å². The van der Waals surface area contributed by atoms with Crippen molar-refractivity contribution in [2.24, 2.45) is 0 Å². The molecule has 1 aromatic carbocycles. The molecule has 1 aromatic rings. The van der Waals surface area contributed by atoms with Crippen molar-refractivity contribution in [3.8, 4) is 0 Å². The average Bonchev–Trinajstić information content (AvgIpc) is 2.55. The molecule has 1 atom stereocenters. The molecule has 0 heterocycles. The maximum Gasteiger partial charge on any atom is 0.336 e. The van der Waals surface area contributed by atoms with E-state index in [4.69, 9.17) is 15.3 Å². The van der Waals surface area contributed by atoms with Gasteiger partial charge in [0, 0.05) is 23.8 Å². The highest BCUT2D eigenvalue weighted by Gasteiger charge is 2.26. The van der Waals surface area contributed by atoms with Gasteiger partial charge in [0.05, 0.1) is 18.5 Å². The van der Waals surface area contributed by atoms with Crippen LogP contribution in [0.3, 0.4) is 0 Å². The second-order valence-electron chi connectivity index (χ2n) is 5.50. The molecule has 10 nitrogen and oxygen atoms in total. The lowest BCUT2D eigenvalue weighted by Gasteiger charge is -2.30. The van der Waals surface area contributed by atoms with E-state index in [9.17, 15) is 24.3 Å². The summed E-state index contributed by atoms with van der Waals surface area (Å²) in [5, 5.41) is 38.8. The molecule has 0 saturated carbocycles. The number of carbonyl (C=O) groups is 4. The lowest BCUT2D eigenvalue weighted by Crippen LogP contribution is -2.35. The number of anilines is 1. The van der Waals surface area contributed by atoms with Crippen molar-refractivity contribution >= 4 is 29.6 Å². The molecular formula is C16H20N2O8. The first-order chi connectivity index (χ1) is 12.1. The Morgan fingerprint density at radius 2 is 1.69 bits per heavy atom. The Hall–Kier alpha value is -3.14. The van der Waals surface area contributed by atoms with Crippen LogP contribution in [0.25, 0.3) is 0 Å². The normalized spacial score (nSPS) is 11.8. The zero-order valence-electron chi connectivity index (χ0n) is 14.0. The van der Waals surface area contributed by atoms with Gasteiger partial charge in [-0.1, -0.05) is 6.07 Å². The fourth-order valence-corrected chi connectivity index (χ4v) is 2.53. The number of rotatable bonds is 11. The fraction of sp³-hybridized carbons (Fsp3) is 0.375. The van der Waals surface area contributed by atoms with Gasteiger partial charge in [-0.25, -0.2) is 4.79 Å². The van der Waals surface area contributed by atoms with Gasteiger partial charge < -0.3 is 25.7 Å². The summed E-state index contributed by atoms with van der Waals surface area (Å²) < 4.78 is 0. The Bertz CT molecular complexity index is 703. The van der Waals surface area contributed by atoms with Crippen LogP contribution in [-0.4, -0.2) is 68.8 Å². The minimum absolute atomic E-state index is 0.116. The molecule has 0 spiro atoms. The molecule has 0 amide bonds. The maximum absolute atomic E-state index is 11.6. The fourth-order valence-electron chi connectivity index (χ4n) is 2.53. The molecule has 0 aliphatic rings. The number of carboxylic acids is 4. The van der Waals surface area contributed by atoms with Crippen molar-refractivity contribution < 1.29 is 39.6 Å². The predicted molar refractivity (Wildman–Crippen MR) is 89.4 cm³/mol. The van der Waals surface area contributed by atoms with E-state index in [0.717, 1.165) is 0 Å². The Labute approximate surface area is 148 Å². The SMILES string of the molecule is CC(c1c(NCC(=O)O)cccc1C(=O)O)N(CCC(=O)O)CC(=O)O. The molecule has 0 saturated heterocycles. The van der Waals surface area contributed by atoms with Crippen molar-refractivity contribution in [1.29, 1.82) is 0 Å². The van der Waals surface area contributed by atoms with E-state index in [2.05, 4.69) is 5.32 Å². The van der Waals surface area contributed by atoms with Crippen LogP contribution >= 0.6 is 0 Å². The minimum atomic E-state index is -1.26. The van der Waals surface area contributed by atoms with Gasteiger partial charge in [0.2, 0.25) is 0 Å². The van der Waals surface area contributed by atoms with E-state index in [-0.39, 0.29) is 29.8 Å². The molecule has 0 aliphatic carbocycles. The lowest BCUT2D eigenvalue weighted by molar-refractivity contribution is -0.141. The quantitative estimate of drug-likeness (QED) is 0.377. The van der Waals surface area contributed by atoms with Crippen molar-refractivity contribution in [2.75, 3.05) is 25.0 Å². The van der Waals surface area contributed by atoms with Gasteiger partial charge in [-0.3, -0.25) is 19.3 Å². The molecule has 1 rings (SSSR count). The van der Waals surface area contributed by atoms with E-state index in [1.165, 1.54) is 23.1 Å². The monoisotopic (exact) mass is 368 g/mol. The van der Waals surface area contributed by atoms with Crippen LogP contribution in [0.2, 0.25) is 0 Å². The van der Waals surface area contributed by atoms with Gasteiger partial charge in [0.25, 0.3) is 0 Å². The number of aliphatic carboxylic acids is 3. The first-order valence-electron chi connectivity index (χ1n) is 7.63. The van der Waals surface area contributed by atoms with Gasteiger partial charge in [-0.2, -0.15) is 0 Å². The van der Waals surface area contributed by atoms with E-state index >= 15 is 0 Å². The van der Waals surface area contributed by atoms with E-state index in [0.29, 0.717) is 0 Å². The van der Waals surface area contributed by atoms with Crippen LogP contribution < -0.4 is 5.32 Å². The Balaban J connectivity index is 3.31. The topological polar surface area (TPSA) is 164 Å². The predicted octanol–water partition coefficient (Wildman–Crippen LogP) is 0.804.